The summed E-state index contributed by atoms with van der Waals surface area (Å²) < 4.78 is 23.8. The number of hydrogen-bond donors (Lipinski definition) is 2. The molecule has 2 N–H and O–H groups in total. The van der Waals surface area contributed by atoms with E-state index >= 15 is 0 Å². The van der Waals surface area contributed by atoms with Crippen LogP contribution in [0, 0.1) is 10.1 Å². The van der Waals surface area contributed by atoms with Crippen molar-refractivity contribution in [2.24, 2.45) is 0 Å². The lowest BCUT2D eigenvalue weighted by molar-refractivity contribution is -0.385. The fraction of sp³-hybridized carbons (Fsp3) is 0.0625. The van der Waals surface area contributed by atoms with Crippen molar-refractivity contribution in [1.29, 1.82) is 0 Å². The molecular formula is C16H12N4O6S2. The van der Waals surface area contributed by atoms with Crippen LogP contribution in [0.2, 0.25) is 0 Å². The Balaban J connectivity index is 1.76. The van der Waals surface area contributed by atoms with Crippen molar-refractivity contribution in [3.05, 3.63) is 58.1 Å². The Morgan fingerprint density at radius 3 is 2.57 bits per heavy atom. The molecule has 0 atom stereocenters. The Kier molecular flexibility index (Phi) is 5.07. The van der Waals surface area contributed by atoms with Gasteiger partial charge in [0.1, 0.15) is 5.56 Å². The topological polar surface area (TPSA) is 148 Å². The van der Waals surface area contributed by atoms with Crippen molar-refractivity contribution in [2.45, 2.75) is 4.90 Å². The molecule has 0 saturated carbocycles. The van der Waals surface area contributed by atoms with Gasteiger partial charge in [0.05, 0.1) is 20.0 Å². The molecule has 28 heavy (non-hydrogen) atoms. The molecule has 0 bridgehead atoms. The Hall–Kier alpha value is -3.38. The molecule has 3 aromatic rings. The van der Waals surface area contributed by atoms with Gasteiger partial charge in [0.25, 0.3) is 11.6 Å². The average Bonchev–Trinajstić information content (AvgIpc) is 3.01. The van der Waals surface area contributed by atoms with Crippen molar-refractivity contribution in [2.75, 3.05) is 11.6 Å². The van der Waals surface area contributed by atoms with Crippen molar-refractivity contribution < 1.29 is 22.9 Å². The number of sulfone groups is 1. The number of amides is 3. The maximum atomic E-state index is 12.1. The second-order valence-corrected chi connectivity index (χ2v) is 8.65. The van der Waals surface area contributed by atoms with Crippen LogP contribution in [-0.2, 0) is 9.84 Å². The van der Waals surface area contributed by atoms with Gasteiger partial charge in [-0.25, -0.2) is 18.2 Å². The highest BCUT2D eigenvalue weighted by atomic mass is 32.2. The molecule has 3 amide bonds. The van der Waals surface area contributed by atoms with Crippen molar-refractivity contribution in [3.63, 3.8) is 0 Å². The summed E-state index contributed by atoms with van der Waals surface area (Å²) in [7, 11) is -3.39. The summed E-state index contributed by atoms with van der Waals surface area (Å²) in [6.45, 7) is 0. The molecule has 0 aliphatic heterocycles. The third-order valence-corrected chi connectivity index (χ3v) is 5.62. The van der Waals surface area contributed by atoms with Crippen LogP contribution in [0.3, 0.4) is 0 Å². The summed E-state index contributed by atoms with van der Waals surface area (Å²) in [6.07, 6.45) is 1.08. The number of nitrogens with one attached hydrogen (secondary N) is 2. The van der Waals surface area contributed by atoms with Gasteiger partial charge in [0, 0.05) is 12.3 Å². The second-order valence-electron chi connectivity index (χ2n) is 5.60. The minimum absolute atomic E-state index is 0.117. The largest absolute Gasteiger partial charge is 0.327 e. The van der Waals surface area contributed by atoms with Gasteiger partial charge in [-0.15, -0.1) is 0 Å². The maximum absolute atomic E-state index is 12.1. The number of carbonyl (C=O) groups excluding carboxylic acids is 2. The van der Waals surface area contributed by atoms with Crippen LogP contribution in [0.1, 0.15) is 10.4 Å². The summed E-state index contributed by atoms with van der Waals surface area (Å²) in [5.41, 5.74) is -0.219. The number of urea groups is 1. The standard InChI is InChI=1S/C16H12N4O6S2/c1-28(25,26)9-6-7-11-13(8-9)27-16(17-11)19-15(22)18-14(21)10-4-2-3-5-12(10)20(23)24/h2-8H,1H3,(H2,17,18,19,21,22). The van der Waals surface area contributed by atoms with Gasteiger partial charge in [-0.05, 0) is 24.3 Å². The number of thiazole rings is 1. The number of aromatic nitrogens is 1. The molecule has 2 aromatic carbocycles. The Morgan fingerprint density at radius 1 is 1.18 bits per heavy atom. The third kappa shape index (κ3) is 4.13. The normalized spacial score (nSPS) is 11.2. The summed E-state index contributed by atoms with van der Waals surface area (Å²) in [5.74, 6) is -0.940. The number of nitro benzene ring substituents is 1. The van der Waals surface area contributed by atoms with Crippen LogP contribution in [0.15, 0.2) is 47.4 Å². The first-order valence-corrected chi connectivity index (χ1v) is 10.3. The summed E-state index contributed by atoms with van der Waals surface area (Å²) >= 11 is 1.02. The zero-order valence-electron chi connectivity index (χ0n) is 14.2. The number of nitro groups is 1. The highest BCUT2D eigenvalue weighted by Gasteiger charge is 2.21. The van der Waals surface area contributed by atoms with Crippen LogP contribution < -0.4 is 10.6 Å². The number of carbonyl (C=O) groups is 2. The second kappa shape index (κ2) is 7.32. The van der Waals surface area contributed by atoms with Gasteiger partial charge in [-0.3, -0.25) is 25.5 Å². The van der Waals surface area contributed by atoms with Crippen LogP contribution >= 0.6 is 11.3 Å². The average molecular weight is 420 g/mol. The Morgan fingerprint density at radius 2 is 1.89 bits per heavy atom. The minimum atomic E-state index is -3.39. The van der Waals surface area contributed by atoms with Crippen LogP contribution in [-0.4, -0.2) is 36.5 Å². The number of para-hydroxylation sites is 1. The predicted octanol–water partition coefficient (Wildman–Crippen LogP) is 2.57. The number of rotatable bonds is 4. The molecular weight excluding hydrogens is 408 g/mol. The van der Waals surface area contributed by atoms with Crippen molar-refractivity contribution in [3.8, 4) is 0 Å². The zero-order chi connectivity index (χ0) is 20.5. The predicted molar refractivity (Wildman–Crippen MR) is 102 cm³/mol. The maximum Gasteiger partial charge on any atom is 0.327 e. The molecule has 0 spiro atoms. The molecule has 0 unspecified atom stereocenters. The molecule has 12 heteroatoms. The zero-order valence-corrected chi connectivity index (χ0v) is 15.8. The molecule has 1 aromatic heterocycles. The summed E-state index contributed by atoms with van der Waals surface area (Å²) in [6, 6.07) is 8.64. The van der Waals surface area contributed by atoms with Gasteiger partial charge in [0.15, 0.2) is 15.0 Å². The van der Waals surface area contributed by atoms with Crippen molar-refractivity contribution in [1.82, 2.24) is 10.3 Å². The summed E-state index contributed by atoms with van der Waals surface area (Å²) in [4.78, 5) is 38.7. The van der Waals surface area contributed by atoms with E-state index in [9.17, 15) is 28.1 Å². The van der Waals surface area contributed by atoms with Gasteiger partial charge >= 0.3 is 6.03 Å². The van der Waals surface area contributed by atoms with E-state index < -0.39 is 32.4 Å². The van der Waals surface area contributed by atoms with E-state index in [1.807, 2.05) is 5.32 Å². The molecule has 10 nitrogen and oxygen atoms in total. The van der Waals surface area contributed by atoms with E-state index in [-0.39, 0.29) is 15.6 Å². The minimum Gasteiger partial charge on any atom is -0.283 e. The lowest BCUT2D eigenvalue weighted by atomic mass is 10.1. The highest BCUT2D eigenvalue weighted by molar-refractivity contribution is 7.90. The smallest absolute Gasteiger partial charge is 0.283 e. The Bertz CT molecular complexity index is 1220. The van der Waals surface area contributed by atoms with E-state index in [1.165, 1.54) is 36.4 Å². The first kappa shape index (κ1) is 19.4. The number of fused-ring (bicyclic) bond motifs is 1. The quantitative estimate of drug-likeness (QED) is 0.487. The number of imide groups is 1. The van der Waals surface area contributed by atoms with Crippen molar-refractivity contribution >= 4 is 54.1 Å². The monoisotopic (exact) mass is 420 g/mol. The third-order valence-electron chi connectivity index (χ3n) is 3.58. The fourth-order valence-corrected chi connectivity index (χ4v) is 3.93. The molecule has 0 aliphatic rings. The highest BCUT2D eigenvalue weighted by Crippen LogP contribution is 2.28. The lowest BCUT2D eigenvalue weighted by Crippen LogP contribution is -2.34. The lowest BCUT2D eigenvalue weighted by Gasteiger charge is -2.04. The fourth-order valence-electron chi connectivity index (χ4n) is 2.31. The molecule has 0 fully saturated rings. The van der Waals surface area contributed by atoms with Crippen LogP contribution in [0.5, 0.6) is 0 Å². The van der Waals surface area contributed by atoms with Crippen LogP contribution in [0.4, 0.5) is 15.6 Å². The van der Waals surface area contributed by atoms with Gasteiger partial charge < -0.3 is 0 Å². The summed E-state index contributed by atoms with van der Waals surface area (Å²) in [5, 5.41) is 15.5. The first-order chi connectivity index (χ1) is 13.1. The van der Waals surface area contributed by atoms with E-state index in [2.05, 4.69) is 10.3 Å². The van der Waals surface area contributed by atoms with E-state index in [4.69, 9.17) is 0 Å². The number of benzene rings is 2. The van der Waals surface area contributed by atoms with E-state index in [1.54, 1.807) is 0 Å². The van der Waals surface area contributed by atoms with Gasteiger partial charge in [-0.1, -0.05) is 23.5 Å². The Labute approximate surface area is 162 Å². The first-order valence-electron chi connectivity index (χ1n) is 7.61. The number of anilines is 1. The SMILES string of the molecule is CS(=O)(=O)c1ccc2nc(NC(=O)NC(=O)c3ccccc3[N+](=O)[O-])sc2c1. The molecule has 0 saturated heterocycles. The molecule has 3 rings (SSSR count). The number of hydrogen-bond acceptors (Lipinski definition) is 8. The molecule has 0 radical (unpaired) electrons. The van der Waals surface area contributed by atoms with E-state index in [0.29, 0.717) is 10.2 Å². The van der Waals surface area contributed by atoms with Gasteiger partial charge in [0.2, 0.25) is 0 Å². The number of nitrogens with zero attached hydrogens (tertiary/aromatic N) is 2. The molecule has 144 valence electrons. The van der Waals surface area contributed by atoms with Gasteiger partial charge in [-0.2, -0.15) is 0 Å². The molecule has 1 heterocycles. The van der Waals surface area contributed by atoms with Crippen LogP contribution in [0.25, 0.3) is 10.2 Å². The van der Waals surface area contributed by atoms with E-state index in [0.717, 1.165) is 23.7 Å². The molecule has 0 aliphatic carbocycles.